The lowest BCUT2D eigenvalue weighted by Crippen LogP contribution is -2.43. The standard InChI is InChI=1S/C26H36N2O5/c1-4-7-19-33-25(29)22-15-11-12-16-23(22)27-26(30)28(20-24(31-5-2)32-6-3)18-17-21-13-9-8-10-14-21/h8-16,24H,4-7,17-20H2,1-3H3,(H,27,30). The lowest BCUT2D eigenvalue weighted by Gasteiger charge is -2.28. The number of urea groups is 1. The summed E-state index contributed by atoms with van der Waals surface area (Å²) in [6.07, 6.45) is 1.88. The van der Waals surface area contributed by atoms with Crippen LogP contribution in [-0.2, 0) is 20.6 Å². The first-order valence-electron chi connectivity index (χ1n) is 11.7. The zero-order valence-electron chi connectivity index (χ0n) is 19.9. The van der Waals surface area contributed by atoms with Crippen molar-refractivity contribution in [2.45, 2.75) is 46.3 Å². The average Bonchev–Trinajstić information content (AvgIpc) is 2.83. The van der Waals surface area contributed by atoms with Crippen LogP contribution < -0.4 is 5.32 Å². The summed E-state index contributed by atoms with van der Waals surface area (Å²) in [6.45, 7) is 7.85. The number of nitrogens with zero attached hydrogens (tertiary/aromatic N) is 1. The minimum absolute atomic E-state index is 0.267. The molecule has 0 bridgehead atoms. The van der Waals surface area contributed by atoms with Crippen LogP contribution in [0.3, 0.4) is 0 Å². The van der Waals surface area contributed by atoms with Crippen molar-refractivity contribution in [3.8, 4) is 0 Å². The van der Waals surface area contributed by atoms with Gasteiger partial charge in [0.05, 0.1) is 24.4 Å². The number of esters is 1. The minimum Gasteiger partial charge on any atom is -0.462 e. The SMILES string of the molecule is CCCCOC(=O)c1ccccc1NC(=O)N(CCc1ccccc1)CC(OCC)OCC. The van der Waals surface area contributed by atoms with Gasteiger partial charge < -0.3 is 24.4 Å². The number of benzene rings is 2. The van der Waals surface area contributed by atoms with E-state index in [0.717, 1.165) is 18.4 Å². The number of carbonyl (C=O) groups is 2. The Bertz CT molecular complexity index is 838. The van der Waals surface area contributed by atoms with Crippen LogP contribution in [0, 0.1) is 0 Å². The summed E-state index contributed by atoms with van der Waals surface area (Å²) in [5.41, 5.74) is 1.87. The Balaban J connectivity index is 2.15. The Morgan fingerprint density at radius 3 is 2.27 bits per heavy atom. The van der Waals surface area contributed by atoms with E-state index in [0.29, 0.717) is 44.0 Å². The molecule has 180 valence electrons. The van der Waals surface area contributed by atoms with E-state index in [1.165, 1.54) is 0 Å². The summed E-state index contributed by atoms with van der Waals surface area (Å²) in [4.78, 5) is 27.4. The summed E-state index contributed by atoms with van der Waals surface area (Å²) in [5, 5.41) is 2.88. The molecule has 0 aliphatic rings. The Hall–Kier alpha value is -2.90. The van der Waals surface area contributed by atoms with Crippen molar-refractivity contribution in [1.82, 2.24) is 4.90 Å². The van der Waals surface area contributed by atoms with Crippen LogP contribution >= 0.6 is 0 Å². The first-order valence-corrected chi connectivity index (χ1v) is 11.7. The average molecular weight is 457 g/mol. The van der Waals surface area contributed by atoms with Crippen LogP contribution in [0.15, 0.2) is 54.6 Å². The summed E-state index contributed by atoms with van der Waals surface area (Å²) in [7, 11) is 0. The molecule has 0 radical (unpaired) electrons. The number of hydrogen-bond acceptors (Lipinski definition) is 5. The fourth-order valence-corrected chi connectivity index (χ4v) is 3.24. The highest BCUT2D eigenvalue weighted by Gasteiger charge is 2.22. The molecule has 0 aliphatic heterocycles. The fraction of sp³-hybridized carbons (Fsp3) is 0.462. The number of amides is 2. The highest BCUT2D eigenvalue weighted by molar-refractivity contribution is 6.00. The van der Waals surface area contributed by atoms with Crippen LogP contribution in [0.1, 0.15) is 49.5 Å². The van der Waals surface area contributed by atoms with E-state index in [4.69, 9.17) is 14.2 Å². The molecule has 0 saturated heterocycles. The summed E-state index contributed by atoms with van der Waals surface area (Å²) in [6, 6.07) is 16.5. The molecular weight excluding hydrogens is 420 g/mol. The van der Waals surface area contributed by atoms with Gasteiger partial charge in [0.1, 0.15) is 0 Å². The van der Waals surface area contributed by atoms with Gasteiger partial charge in [-0.15, -0.1) is 0 Å². The second-order valence-corrected chi connectivity index (χ2v) is 7.49. The van der Waals surface area contributed by atoms with E-state index in [9.17, 15) is 9.59 Å². The molecule has 2 aromatic carbocycles. The molecule has 0 heterocycles. The zero-order chi connectivity index (χ0) is 23.9. The van der Waals surface area contributed by atoms with E-state index in [1.807, 2.05) is 51.1 Å². The van der Waals surface area contributed by atoms with Gasteiger partial charge >= 0.3 is 12.0 Å². The first-order chi connectivity index (χ1) is 16.1. The molecule has 2 amide bonds. The molecule has 0 unspecified atom stereocenters. The molecule has 0 aromatic heterocycles. The largest absolute Gasteiger partial charge is 0.462 e. The number of carbonyl (C=O) groups excluding carboxylic acids is 2. The van der Waals surface area contributed by atoms with Crippen molar-refractivity contribution in [3.05, 3.63) is 65.7 Å². The first kappa shape index (κ1) is 26.4. The van der Waals surface area contributed by atoms with E-state index >= 15 is 0 Å². The van der Waals surface area contributed by atoms with E-state index < -0.39 is 12.3 Å². The van der Waals surface area contributed by atoms with Gasteiger partial charge in [0, 0.05) is 19.8 Å². The topological polar surface area (TPSA) is 77.1 Å². The Kier molecular flexibility index (Phi) is 12.0. The fourth-order valence-electron chi connectivity index (χ4n) is 3.24. The second kappa shape index (κ2) is 15.0. The van der Waals surface area contributed by atoms with Gasteiger partial charge in [0.25, 0.3) is 0 Å². The van der Waals surface area contributed by atoms with E-state index in [1.54, 1.807) is 29.2 Å². The molecule has 0 fully saturated rings. The maximum absolute atomic E-state index is 13.3. The number of para-hydroxylation sites is 1. The highest BCUT2D eigenvalue weighted by atomic mass is 16.7. The quantitative estimate of drug-likeness (QED) is 0.243. The van der Waals surface area contributed by atoms with Crippen LogP contribution in [0.2, 0.25) is 0 Å². The number of hydrogen-bond donors (Lipinski definition) is 1. The molecule has 7 nitrogen and oxygen atoms in total. The molecule has 2 aromatic rings. The second-order valence-electron chi connectivity index (χ2n) is 7.49. The Morgan fingerprint density at radius 1 is 0.939 bits per heavy atom. The van der Waals surface area contributed by atoms with Crippen molar-refractivity contribution in [1.29, 1.82) is 0 Å². The van der Waals surface area contributed by atoms with Crippen molar-refractivity contribution in [2.24, 2.45) is 0 Å². The van der Waals surface area contributed by atoms with E-state index in [2.05, 4.69) is 5.32 Å². The normalized spacial score (nSPS) is 10.8. The van der Waals surface area contributed by atoms with Crippen molar-refractivity contribution in [2.75, 3.05) is 38.2 Å². The number of nitrogens with one attached hydrogen (secondary N) is 1. The lowest BCUT2D eigenvalue weighted by molar-refractivity contribution is -0.142. The number of rotatable bonds is 14. The number of ether oxygens (including phenoxy) is 3. The molecule has 0 saturated carbocycles. The highest BCUT2D eigenvalue weighted by Crippen LogP contribution is 2.18. The summed E-state index contributed by atoms with van der Waals surface area (Å²) in [5.74, 6) is -0.448. The lowest BCUT2D eigenvalue weighted by atomic mass is 10.1. The maximum Gasteiger partial charge on any atom is 0.340 e. The molecule has 1 N–H and O–H groups in total. The van der Waals surface area contributed by atoms with Crippen LogP contribution in [0.5, 0.6) is 0 Å². The monoisotopic (exact) mass is 456 g/mol. The number of anilines is 1. The van der Waals surface area contributed by atoms with Crippen LogP contribution in [0.4, 0.5) is 10.5 Å². The van der Waals surface area contributed by atoms with Crippen LogP contribution in [0.25, 0.3) is 0 Å². The third-order valence-corrected chi connectivity index (χ3v) is 4.99. The van der Waals surface area contributed by atoms with Gasteiger partial charge in [-0.3, -0.25) is 0 Å². The number of unbranched alkanes of at least 4 members (excludes halogenated alkanes) is 1. The third-order valence-electron chi connectivity index (χ3n) is 4.99. The van der Waals surface area contributed by atoms with Gasteiger partial charge in [-0.2, -0.15) is 0 Å². The Labute approximate surface area is 197 Å². The smallest absolute Gasteiger partial charge is 0.340 e. The maximum atomic E-state index is 13.3. The zero-order valence-corrected chi connectivity index (χ0v) is 19.9. The summed E-state index contributed by atoms with van der Waals surface area (Å²) < 4.78 is 16.7. The van der Waals surface area contributed by atoms with Gasteiger partial charge in [-0.25, -0.2) is 9.59 Å². The summed E-state index contributed by atoms with van der Waals surface area (Å²) >= 11 is 0. The molecule has 0 atom stereocenters. The van der Waals surface area contributed by atoms with Crippen molar-refractivity contribution < 1.29 is 23.8 Å². The van der Waals surface area contributed by atoms with Gasteiger partial charge in [0.15, 0.2) is 6.29 Å². The van der Waals surface area contributed by atoms with E-state index in [-0.39, 0.29) is 12.6 Å². The van der Waals surface area contributed by atoms with Crippen LogP contribution in [-0.4, -0.2) is 56.1 Å². The van der Waals surface area contributed by atoms with Gasteiger partial charge in [-0.1, -0.05) is 55.8 Å². The molecule has 0 aliphatic carbocycles. The third kappa shape index (κ3) is 9.24. The molecule has 0 spiro atoms. The molecule has 7 heteroatoms. The van der Waals surface area contributed by atoms with Crippen molar-refractivity contribution in [3.63, 3.8) is 0 Å². The Morgan fingerprint density at radius 2 is 1.61 bits per heavy atom. The predicted molar refractivity (Wildman–Crippen MR) is 129 cm³/mol. The predicted octanol–water partition coefficient (Wildman–Crippen LogP) is 5.12. The molecule has 33 heavy (non-hydrogen) atoms. The van der Waals surface area contributed by atoms with Crippen molar-refractivity contribution >= 4 is 17.7 Å². The molecular formula is C26H36N2O5. The molecule has 2 rings (SSSR count). The minimum atomic E-state index is -0.532. The van der Waals surface area contributed by atoms with Gasteiger partial charge in [0.2, 0.25) is 0 Å². The van der Waals surface area contributed by atoms with Gasteiger partial charge in [-0.05, 0) is 44.4 Å².